The summed E-state index contributed by atoms with van der Waals surface area (Å²) in [6.07, 6.45) is -0.450. The van der Waals surface area contributed by atoms with Crippen LogP contribution in [0.2, 0.25) is 0 Å². The van der Waals surface area contributed by atoms with Crippen LogP contribution in [0.5, 0.6) is 5.75 Å². The molecule has 0 fully saturated rings. The number of furan rings is 1. The molecule has 0 aliphatic carbocycles. The van der Waals surface area contributed by atoms with E-state index < -0.39 is 6.10 Å². The maximum Gasteiger partial charge on any atom is 0.120 e. The van der Waals surface area contributed by atoms with Gasteiger partial charge in [0.1, 0.15) is 17.3 Å². The molecule has 1 aromatic carbocycles. The van der Waals surface area contributed by atoms with Crippen molar-refractivity contribution in [2.24, 2.45) is 0 Å². The van der Waals surface area contributed by atoms with Gasteiger partial charge in [-0.2, -0.15) is 0 Å². The molecule has 0 saturated carbocycles. The Bertz CT molecular complexity index is 563. The van der Waals surface area contributed by atoms with Crippen LogP contribution in [0.4, 0.5) is 0 Å². The summed E-state index contributed by atoms with van der Waals surface area (Å²) in [4.78, 5) is 0. The lowest BCUT2D eigenvalue weighted by atomic mass is 10.1. The highest BCUT2D eigenvalue weighted by atomic mass is 16.5. The van der Waals surface area contributed by atoms with E-state index in [4.69, 9.17) is 9.15 Å². The lowest BCUT2D eigenvalue weighted by Crippen LogP contribution is -2.20. The highest BCUT2D eigenvalue weighted by Crippen LogP contribution is 2.20. The third kappa shape index (κ3) is 4.92. The number of aliphatic hydroxyl groups is 1. The van der Waals surface area contributed by atoms with E-state index in [-0.39, 0.29) is 6.10 Å². The number of aryl methyl sites for hydroxylation is 1. The second kappa shape index (κ2) is 7.29. The smallest absolute Gasteiger partial charge is 0.120 e. The first kappa shape index (κ1) is 15.6. The van der Waals surface area contributed by atoms with Crippen molar-refractivity contribution in [1.29, 1.82) is 0 Å². The van der Waals surface area contributed by atoms with Crippen LogP contribution in [0.3, 0.4) is 0 Å². The van der Waals surface area contributed by atoms with Gasteiger partial charge in [0.2, 0.25) is 0 Å². The van der Waals surface area contributed by atoms with Gasteiger partial charge < -0.3 is 19.6 Å². The van der Waals surface area contributed by atoms with Crippen molar-refractivity contribution < 1.29 is 14.3 Å². The molecule has 4 heteroatoms. The van der Waals surface area contributed by atoms with Gasteiger partial charge in [-0.3, -0.25) is 0 Å². The van der Waals surface area contributed by atoms with Crippen molar-refractivity contribution in [2.75, 3.05) is 6.54 Å². The third-order valence-corrected chi connectivity index (χ3v) is 3.05. The first-order valence-corrected chi connectivity index (χ1v) is 7.25. The average molecular weight is 289 g/mol. The Morgan fingerprint density at radius 1 is 1.24 bits per heavy atom. The maximum absolute atomic E-state index is 10.2. The number of benzene rings is 1. The molecule has 2 rings (SSSR count). The van der Waals surface area contributed by atoms with Crippen molar-refractivity contribution in [3.63, 3.8) is 0 Å². The van der Waals surface area contributed by atoms with Crippen LogP contribution in [-0.2, 0) is 6.54 Å². The van der Waals surface area contributed by atoms with E-state index in [2.05, 4.69) is 5.32 Å². The summed E-state index contributed by atoms with van der Waals surface area (Å²) >= 11 is 0. The van der Waals surface area contributed by atoms with Gasteiger partial charge in [-0.25, -0.2) is 0 Å². The van der Waals surface area contributed by atoms with E-state index >= 15 is 0 Å². The minimum Gasteiger partial charge on any atom is -0.491 e. The summed E-state index contributed by atoms with van der Waals surface area (Å²) in [5, 5.41) is 13.4. The molecule has 4 nitrogen and oxygen atoms in total. The van der Waals surface area contributed by atoms with Gasteiger partial charge in [0.25, 0.3) is 0 Å². The van der Waals surface area contributed by atoms with E-state index in [1.807, 2.05) is 57.2 Å². The van der Waals surface area contributed by atoms with Crippen molar-refractivity contribution in [1.82, 2.24) is 5.32 Å². The zero-order valence-electron chi connectivity index (χ0n) is 12.8. The Balaban J connectivity index is 1.86. The number of ether oxygens (including phenoxy) is 1. The van der Waals surface area contributed by atoms with Crippen LogP contribution in [0.25, 0.3) is 0 Å². The van der Waals surface area contributed by atoms with Crippen LogP contribution >= 0.6 is 0 Å². The largest absolute Gasteiger partial charge is 0.491 e. The van der Waals surface area contributed by atoms with Gasteiger partial charge in [-0.1, -0.05) is 12.1 Å². The summed E-state index contributed by atoms with van der Waals surface area (Å²) in [5.74, 6) is 2.55. The van der Waals surface area contributed by atoms with Crippen LogP contribution in [0.1, 0.15) is 37.0 Å². The average Bonchev–Trinajstić information content (AvgIpc) is 2.84. The first-order valence-electron chi connectivity index (χ1n) is 7.25. The van der Waals surface area contributed by atoms with Crippen molar-refractivity contribution in [3.8, 4) is 5.75 Å². The summed E-state index contributed by atoms with van der Waals surface area (Å²) in [6.45, 7) is 6.95. The van der Waals surface area contributed by atoms with E-state index in [9.17, 15) is 5.11 Å². The van der Waals surface area contributed by atoms with E-state index in [1.165, 1.54) is 0 Å². The Morgan fingerprint density at radius 3 is 2.71 bits per heavy atom. The Morgan fingerprint density at radius 2 is 2.05 bits per heavy atom. The predicted molar refractivity (Wildman–Crippen MR) is 82.3 cm³/mol. The van der Waals surface area contributed by atoms with Gasteiger partial charge in [0.15, 0.2) is 0 Å². The number of hydrogen-bond acceptors (Lipinski definition) is 4. The minimum atomic E-state index is -0.572. The topological polar surface area (TPSA) is 54.6 Å². The fourth-order valence-corrected chi connectivity index (χ4v) is 2.10. The number of hydrogen-bond donors (Lipinski definition) is 2. The second-order valence-electron chi connectivity index (χ2n) is 5.40. The quantitative estimate of drug-likeness (QED) is 0.822. The zero-order chi connectivity index (χ0) is 15.2. The summed E-state index contributed by atoms with van der Waals surface area (Å²) < 4.78 is 11.1. The molecule has 0 saturated heterocycles. The van der Waals surface area contributed by atoms with Crippen molar-refractivity contribution in [2.45, 2.75) is 39.5 Å². The molecule has 1 heterocycles. The van der Waals surface area contributed by atoms with Crippen LogP contribution in [0, 0.1) is 6.92 Å². The second-order valence-corrected chi connectivity index (χ2v) is 5.40. The predicted octanol–water partition coefficient (Wildman–Crippen LogP) is 3.20. The third-order valence-electron chi connectivity index (χ3n) is 3.05. The van der Waals surface area contributed by atoms with E-state index in [1.54, 1.807) is 0 Å². The molecule has 21 heavy (non-hydrogen) atoms. The first-order chi connectivity index (χ1) is 10.0. The summed E-state index contributed by atoms with van der Waals surface area (Å²) in [6, 6.07) is 11.4. The molecule has 1 atom stereocenters. The van der Waals surface area contributed by atoms with Gasteiger partial charge in [-0.05, 0) is 50.6 Å². The van der Waals surface area contributed by atoms with Gasteiger partial charge in [-0.15, -0.1) is 0 Å². The molecule has 114 valence electrons. The molecule has 1 unspecified atom stereocenters. The standard InChI is InChI=1S/C17H23NO3/c1-12(2)20-15-6-4-5-14(9-15)17(19)11-18-10-16-8-7-13(3)21-16/h4-9,12,17-19H,10-11H2,1-3H3. The monoisotopic (exact) mass is 289 g/mol. The summed E-state index contributed by atoms with van der Waals surface area (Å²) in [7, 11) is 0. The minimum absolute atomic E-state index is 0.123. The van der Waals surface area contributed by atoms with Gasteiger partial charge >= 0.3 is 0 Å². The molecule has 1 aromatic heterocycles. The Labute approximate surface area is 125 Å². The molecule has 0 amide bonds. The molecular formula is C17H23NO3. The Hall–Kier alpha value is -1.78. The normalized spacial score (nSPS) is 12.6. The van der Waals surface area contributed by atoms with Crippen LogP contribution in [-0.4, -0.2) is 17.8 Å². The highest BCUT2D eigenvalue weighted by molar-refractivity contribution is 5.30. The number of nitrogens with one attached hydrogen (secondary N) is 1. The van der Waals surface area contributed by atoms with Crippen molar-refractivity contribution in [3.05, 3.63) is 53.5 Å². The molecule has 0 bridgehead atoms. The number of rotatable bonds is 7. The van der Waals surface area contributed by atoms with E-state index in [0.29, 0.717) is 13.1 Å². The van der Waals surface area contributed by atoms with Crippen LogP contribution in [0.15, 0.2) is 40.8 Å². The molecule has 0 radical (unpaired) electrons. The fraction of sp³-hybridized carbons (Fsp3) is 0.412. The molecular weight excluding hydrogens is 266 g/mol. The highest BCUT2D eigenvalue weighted by Gasteiger charge is 2.09. The lowest BCUT2D eigenvalue weighted by Gasteiger charge is -2.14. The van der Waals surface area contributed by atoms with Gasteiger partial charge in [0, 0.05) is 6.54 Å². The molecule has 2 N–H and O–H groups in total. The molecule has 0 spiro atoms. The molecule has 0 aliphatic rings. The van der Waals surface area contributed by atoms with E-state index in [0.717, 1.165) is 22.8 Å². The summed E-state index contributed by atoms with van der Waals surface area (Å²) in [5.41, 5.74) is 0.844. The lowest BCUT2D eigenvalue weighted by molar-refractivity contribution is 0.172. The maximum atomic E-state index is 10.2. The fourth-order valence-electron chi connectivity index (χ4n) is 2.10. The SMILES string of the molecule is Cc1ccc(CNCC(O)c2cccc(OC(C)C)c2)o1. The Kier molecular flexibility index (Phi) is 5.42. The van der Waals surface area contributed by atoms with Crippen LogP contribution < -0.4 is 10.1 Å². The zero-order valence-corrected chi connectivity index (χ0v) is 12.8. The van der Waals surface area contributed by atoms with Crippen molar-refractivity contribution >= 4 is 0 Å². The number of aliphatic hydroxyl groups excluding tert-OH is 1. The van der Waals surface area contributed by atoms with Gasteiger partial charge in [0.05, 0.1) is 18.8 Å². The molecule has 2 aromatic rings. The molecule has 0 aliphatic heterocycles.